The number of hydrogen-bond acceptors (Lipinski definition) is 3. The number of thioether (sulfide) groups is 1. The molecule has 0 spiro atoms. The highest BCUT2D eigenvalue weighted by Crippen LogP contribution is 2.23. The molecule has 0 unspecified atom stereocenters. The number of imidazole rings is 1. The van der Waals surface area contributed by atoms with Gasteiger partial charge >= 0.3 is 0 Å². The molecule has 1 amide bonds. The van der Waals surface area contributed by atoms with Crippen LogP contribution in [-0.2, 0) is 5.75 Å². The van der Waals surface area contributed by atoms with Gasteiger partial charge in [0.05, 0.1) is 5.69 Å². The Balaban J connectivity index is 1.65. The molecule has 0 fully saturated rings. The number of nitrogens with zero attached hydrogens (tertiary/aromatic N) is 3. The highest BCUT2D eigenvalue weighted by molar-refractivity contribution is 7.98. The van der Waals surface area contributed by atoms with Gasteiger partial charge in [0, 0.05) is 42.2 Å². The zero-order chi connectivity index (χ0) is 16.2. The van der Waals surface area contributed by atoms with Crippen molar-refractivity contribution in [2.24, 2.45) is 0 Å². The van der Waals surface area contributed by atoms with Crippen LogP contribution < -0.4 is 0 Å². The fraction of sp³-hybridized carbons (Fsp3) is 0.222. The molecule has 2 aromatic heterocycles. The first-order chi connectivity index (χ1) is 11.2. The minimum atomic E-state index is 0.0596. The number of amides is 1. The standard InChI is InChI=1S/C18H19N3OS/c1-3-20(2)18(22)14-7-9-16(10-8-14)23-13-15-12-21-11-5-4-6-17(21)19-15/h4-12H,3,13H2,1-2H3. The Morgan fingerprint density at radius 1 is 1.22 bits per heavy atom. The van der Waals surface area contributed by atoms with Crippen LogP contribution in [-0.4, -0.2) is 33.8 Å². The maximum Gasteiger partial charge on any atom is 0.253 e. The van der Waals surface area contributed by atoms with Crippen LogP contribution in [0.1, 0.15) is 23.0 Å². The molecule has 0 N–H and O–H groups in total. The van der Waals surface area contributed by atoms with E-state index in [1.807, 2.05) is 67.0 Å². The van der Waals surface area contributed by atoms with E-state index in [9.17, 15) is 4.79 Å². The summed E-state index contributed by atoms with van der Waals surface area (Å²) < 4.78 is 2.03. The maximum atomic E-state index is 12.1. The molecule has 118 valence electrons. The zero-order valence-electron chi connectivity index (χ0n) is 13.3. The Labute approximate surface area is 140 Å². The van der Waals surface area contributed by atoms with E-state index in [0.29, 0.717) is 6.54 Å². The first kappa shape index (κ1) is 15.6. The van der Waals surface area contributed by atoms with Gasteiger partial charge in [-0.1, -0.05) is 6.07 Å². The number of aromatic nitrogens is 2. The van der Waals surface area contributed by atoms with Gasteiger partial charge in [-0.2, -0.15) is 0 Å². The van der Waals surface area contributed by atoms with E-state index in [4.69, 9.17) is 0 Å². The molecular formula is C18H19N3OS. The molecule has 0 radical (unpaired) electrons. The number of fused-ring (bicyclic) bond motifs is 1. The van der Waals surface area contributed by atoms with Crippen molar-refractivity contribution in [3.63, 3.8) is 0 Å². The third kappa shape index (κ3) is 3.56. The van der Waals surface area contributed by atoms with Crippen LogP contribution in [0.5, 0.6) is 0 Å². The van der Waals surface area contributed by atoms with Crippen LogP contribution >= 0.6 is 11.8 Å². The van der Waals surface area contributed by atoms with E-state index in [0.717, 1.165) is 27.6 Å². The summed E-state index contributed by atoms with van der Waals surface area (Å²) >= 11 is 1.72. The van der Waals surface area contributed by atoms with Gasteiger partial charge in [-0.3, -0.25) is 4.79 Å². The van der Waals surface area contributed by atoms with Crippen LogP contribution in [0, 0.1) is 0 Å². The monoisotopic (exact) mass is 325 g/mol. The van der Waals surface area contributed by atoms with Crippen molar-refractivity contribution in [2.75, 3.05) is 13.6 Å². The lowest BCUT2D eigenvalue weighted by molar-refractivity contribution is 0.0802. The highest BCUT2D eigenvalue weighted by Gasteiger charge is 2.09. The zero-order valence-corrected chi connectivity index (χ0v) is 14.1. The van der Waals surface area contributed by atoms with Crippen molar-refractivity contribution >= 4 is 23.3 Å². The van der Waals surface area contributed by atoms with Crippen LogP contribution in [0.2, 0.25) is 0 Å². The molecule has 4 nitrogen and oxygen atoms in total. The van der Waals surface area contributed by atoms with Gasteiger partial charge in [-0.25, -0.2) is 4.98 Å². The summed E-state index contributed by atoms with van der Waals surface area (Å²) in [6.07, 6.45) is 4.05. The fourth-order valence-electron chi connectivity index (χ4n) is 2.27. The molecule has 23 heavy (non-hydrogen) atoms. The Hall–Kier alpha value is -2.27. The number of benzene rings is 1. The average molecular weight is 325 g/mol. The van der Waals surface area contributed by atoms with Crippen molar-refractivity contribution in [1.82, 2.24) is 14.3 Å². The first-order valence-corrected chi connectivity index (χ1v) is 8.57. The van der Waals surface area contributed by atoms with Gasteiger partial charge in [-0.05, 0) is 43.3 Å². The van der Waals surface area contributed by atoms with Crippen molar-refractivity contribution in [2.45, 2.75) is 17.6 Å². The van der Waals surface area contributed by atoms with E-state index in [2.05, 4.69) is 11.2 Å². The van der Waals surface area contributed by atoms with Crippen LogP contribution in [0.25, 0.3) is 5.65 Å². The quantitative estimate of drug-likeness (QED) is 0.671. The molecule has 0 saturated heterocycles. The molecule has 2 heterocycles. The van der Waals surface area contributed by atoms with Crippen molar-refractivity contribution < 1.29 is 4.79 Å². The minimum Gasteiger partial charge on any atom is -0.342 e. The third-order valence-corrected chi connectivity index (χ3v) is 4.77. The van der Waals surface area contributed by atoms with Crippen LogP contribution in [0.3, 0.4) is 0 Å². The van der Waals surface area contributed by atoms with Gasteiger partial charge < -0.3 is 9.30 Å². The number of hydrogen-bond donors (Lipinski definition) is 0. The number of carbonyl (C=O) groups is 1. The van der Waals surface area contributed by atoms with Gasteiger partial charge in [-0.15, -0.1) is 11.8 Å². The predicted molar refractivity (Wildman–Crippen MR) is 93.8 cm³/mol. The SMILES string of the molecule is CCN(C)C(=O)c1ccc(SCc2cn3ccccc3n2)cc1. The number of pyridine rings is 1. The van der Waals surface area contributed by atoms with E-state index >= 15 is 0 Å². The first-order valence-electron chi connectivity index (χ1n) is 7.58. The van der Waals surface area contributed by atoms with E-state index in [1.54, 1.807) is 16.7 Å². The number of carbonyl (C=O) groups excluding carboxylic acids is 1. The lowest BCUT2D eigenvalue weighted by Crippen LogP contribution is -2.26. The van der Waals surface area contributed by atoms with Crippen molar-refractivity contribution in [1.29, 1.82) is 0 Å². The summed E-state index contributed by atoms with van der Waals surface area (Å²) in [4.78, 5) is 19.5. The summed E-state index contributed by atoms with van der Waals surface area (Å²) in [6.45, 7) is 2.68. The fourth-order valence-corrected chi connectivity index (χ4v) is 3.05. The van der Waals surface area contributed by atoms with E-state index < -0.39 is 0 Å². The molecule has 0 aliphatic carbocycles. The molecule has 3 rings (SSSR count). The maximum absolute atomic E-state index is 12.1. The minimum absolute atomic E-state index is 0.0596. The highest BCUT2D eigenvalue weighted by atomic mass is 32.2. The van der Waals surface area contributed by atoms with Gasteiger partial charge in [0.2, 0.25) is 0 Å². The smallest absolute Gasteiger partial charge is 0.253 e. The lowest BCUT2D eigenvalue weighted by Gasteiger charge is -2.14. The Bertz CT molecular complexity index is 778. The van der Waals surface area contributed by atoms with Gasteiger partial charge in [0.15, 0.2) is 0 Å². The second-order valence-electron chi connectivity index (χ2n) is 5.33. The molecule has 0 aliphatic rings. The molecule has 0 bridgehead atoms. The molecule has 3 aromatic rings. The third-order valence-electron chi connectivity index (χ3n) is 3.72. The Morgan fingerprint density at radius 2 is 2.00 bits per heavy atom. The molecule has 0 saturated carbocycles. The summed E-state index contributed by atoms with van der Waals surface area (Å²) in [6, 6.07) is 13.8. The van der Waals surface area contributed by atoms with E-state index in [1.165, 1.54) is 0 Å². The summed E-state index contributed by atoms with van der Waals surface area (Å²) in [5.74, 6) is 0.869. The predicted octanol–water partition coefficient (Wildman–Crippen LogP) is 3.72. The summed E-state index contributed by atoms with van der Waals surface area (Å²) in [7, 11) is 1.81. The van der Waals surface area contributed by atoms with Crippen molar-refractivity contribution in [3.8, 4) is 0 Å². The topological polar surface area (TPSA) is 37.6 Å². The van der Waals surface area contributed by atoms with Gasteiger partial charge in [0.25, 0.3) is 5.91 Å². The second kappa shape index (κ2) is 6.87. The second-order valence-corrected chi connectivity index (χ2v) is 6.38. The van der Waals surface area contributed by atoms with Crippen LogP contribution in [0.4, 0.5) is 0 Å². The molecule has 5 heteroatoms. The van der Waals surface area contributed by atoms with Gasteiger partial charge in [0.1, 0.15) is 5.65 Å². The normalized spacial score (nSPS) is 10.9. The average Bonchev–Trinajstić information content (AvgIpc) is 3.02. The summed E-state index contributed by atoms with van der Waals surface area (Å²) in [5.41, 5.74) is 2.74. The Morgan fingerprint density at radius 3 is 2.70 bits per heavy atom. The van der Waals surface area contributed by atoms with Crippen molar-refractivity contribution in [3.05, 3.63) is 66.1 Å². The number of rotatable bonds is 5. The largest absolute Gasteiger partial charge is 0.342 e. The lowest BCUT2D eigenvalue weighted by atomic mass is 10.2. The van der Waals surface area contributed by atoms with E-state index in [-0.39, 0.29) is 5.91 Å². The van der Waals surface area contributed by atoms with Crippen LogP contribution in [0.15, 0.2) is 59.8 Å². The molecule has 0 atom stereocenters. The summed E-state index contributed by atoms with van der Waals surface area (Å²) in [5, 5.41) is 0. The molecular weight excluding hydrogens is 306 g/mol. The Kier molecular flexibility index (Phi) is 4.67. The molecule has 0 aliphatic heterocycles. The molecule has 1 aromatic carbocycles.